The van der Waals surface area contributed by atoms with Gasteiger partial charge in [-0.2, -0.15) is 0 Å². The SMILES string of the molecule is COCc1cc(F)c(CCON)cc1F. The van der Waals surface area contributed by atoms with Crippen LogP contribution in [0.15, 0.2) is 12.1 Å². The molecule has 0 spiro atoms. The summed E-state index contributed by atoms with van der Waals surface area (Å²) in [5.41, 5.74) is 0.449. The van der Waals surface area contributed by atoms with Crippen LogP contribution in [0.4, 0.5) is 8.78 Å². The number of rotatable bonds is 5. The number of hydrogen-bond donors (Lipinski definition) is 1. The van der Waals surface area contributed by atoms with Crippen LogP contribution in [-0.2, 0) is 22.6 Å². The van der Waals surface area contributed by atoms with Gasteiger partial charge in [0.25, 0.3) is 0 Å². The van der Waals surface area contributed by atoms with Gasteiger partial charge in [0.2, 0.25) is 0 Å². The molecule has 1 rings (SSSR count). The van der Waals surface area contributed by atoms with E-state index >= 15 is 0 Å². The minimum atomic E-state index is -0.481. The molecule has 0 atom stereocenters. The van der Waals surface area contributed by atoms with E-state index in [0.29, 0.717) is 0 Å². The van der Waals surface area contributed by atoms with Gasteiger partial charge < -0.3 is 9.57 Å². The van der Waals surface area contributed by atoms with Crippen LogP contribution in [0.2, 0.25) is 0 Å². The molecule has 0 amide bonds. The Kier molecular flexibility index (Phi) is 4.61. The smallest absolute Gasteiger partial charge is 0.129 e. The molecule has 0 saturated carbocycles. The largest absolute Gasteiger partial charge is 0.380 e. The Morgan fingerprint density at radius 1 is 1.20 bits per heavy atom. The third-order valence-electron chi connectivity index (χ3n) is 2.00. The Bertz CT molecular complexity index is 331. The van der Waals surface area contributed by atoms with Crippen molar-refractivity contribution in [3.63, 3.8) is 0 Å². The Balaban J connectivity index is 2.87. The Hall–Kier alpha value is -1.04. The van der Waals surface area contributed by atoms with Crippen LogP contribution >= 0.6 is 0 Å². The lowest BCUT2D eigenvalue weighted by molar-refractivity contribution is 0.140. The number of benzene rings is 1. The van der Waals surface area contributed by atoms with Crippen molar-refractivity contribution in [2.45, 2.75) is 13.0 Å². The Labute approximate surface area is 86.7 Å². The lowest BCUT2D eigenvalue weighted by atomic mass is 10.1. The molecular formula is C10H13F2NO2. The summed E-state index contributed by atoms with van der Waals surface area (Å²) in [7, 11) is 1.42. The molecule has 0 aliphatic heterocycles. The number of ether oxygens (including phenoxy) is 1. The van der Waals surface area contributed by atoms with Crippen molar-refractivity contribution < 1.29 is 18.4 Å². The van der Waals surface area contributed by atoms with Gasteiger partial charge in [0.15, 0.2) is 0 Å². The molecule has 1 aromatic rings. The monoisotopic (exact) mass is 217 g/mol. The molecular weight excluding hydrogens is 204 g/mol. The highest BCUT2D eigenvalue weighted by atomic mass is 19.1. The molecule has 0 radical (unpaired) electrons. The van der Waals surface area contributed by atoms with E-state index in [4.69, 9.17) is 10.6 Å². The summed E-state index contributed by atoms with van der Waals surface area (Å²) in [6.07, 6.45) is 0.243. The molecule has 0 heterocycles. The summed E-state index contributed by atoms with van der Waals surface area (Å²) in [4.78, 5) is 4.30. The zero-order valence-electron chi connectivity index (χ0n) is 8.43. The molecule has 15 heavy (non-hydrogen) atoms. The molecule has 0 bridgehead atoms. The molecule has 5 heteroatoms. The number of methoxy groups -OCH3 is 1. The van der Waals surface area contributed by atoms with Crippen LogP contribution in [0.5, 0.6) is 0 Å². The van der Waals surface area contributed by atoms with Gasteiger partial charge in [0.05, 0.1) is 13.2 Å². The van der Waals surface area contributed by atoms with Crippen molar-refractivity contribution in [3.8, 4) is 0 Å². The Morgan fingerprint density at radius 3 is 2.40 bits per heavy atom. The van der Waals surface area contributed by atoms with E-state index in [1.165, 1.54) is 7.11 Å². The molecule has 3 nitrogen and oxygen atoms in total. The fourth-order valence-corrected chi connectivity index (χ4v) is 1.26. The van der Waals surface area contributed by atoms with E-state index in [0.717, 1.165) is 12.1 Å². The minimum Gasteiger partial charge on any atom is -0.380 e. The maximum Gasteiger partial charge on any atom is 0.129 e. The van der Waals surface area contributed by atoms with E-state index in [1.54, 1.807) is 0 Å². The highest BCUT2D eigenvalue weighted by Gasteiger charge is 2.09. The van der Waals surface area contributed by atoms with Crippen LogP contribution in [0.1, 0.15) is 11.1 Å². The highest BCUT2D eigenvalue weighted by molar-refractivity contribution is 5.26. The molecule has 0 aromatic heterocycles. The van der Waals surface area contributed by atoms with Crippen molar-refractivity contribution in [1.29, 1.82) is 0 Å². The van der Waals surface area contributed by atoms with Gasteiger partial charge in [0.1, 0.15) is 11.6 Å². The number of halogens is 2. The van der Waals surface area contributed by atoms with Crippen molar-refractivity contribution in [1.82, 2.24) is 0 Å². The first-order valence-electron chi connectivity index (χ1n) is 4.46. The lowest BCUT2D eigenvalue weighted by Crippen LogP contribution is -2.06. The zero-order valence-corrected chi connectivity index (χ0v) is 8.43. The second-order valence-corrected chi connectivity index (χ2v) is 3.09. The van der Waals surface area contributed by atoms with Crippen molar-refractivity contribution >= 4 is 0 Å². The first-order valence-corrected chi connectivity index (χ1v) is 4.46. The van der Waals surface area contributed by atoms with Crippen LogP contribution < -0.4 is 5.90 Å². The highest BCUT2D eigenvalue weighted by Crippen LogP contribution is 2.16. The van der Waals surface area contributed by atoms with Gasteiger partial charge in [-0.1, -0.05) is 0 Å². The quantitative estimate of drug-likeness (QED) is 0.761. The molecule has 0 aliphatic rings. The van der Waals surface area contributed by atoms with Gasteiger partial charge >= 0.3 is 0 Å². The van der Waals surface area contributed by atoms with E-state index in [-0.39, 0.29) is 30.8 Å². The van der Waals surface area contributed by atoms with Crippen molar-refractivity contribution in [2.24, 2.45) is 5.90 Å². The molecule has 84 valence electrons. The van der Waals surface area contributed by atoms with Crippen LogP contribution in [0.25, 0.3) is 0 Å². The van der Waals surface area contributed by atoms with Gasteiger partial charge in [-0.05, 0) is 17.7 Å². The summed E-state index contributed by atoms with van der Waals surface area (Å²) in [6, 6.07) is 2.27. The first kappa shape index (κ1) is 12.0. The van der Waals surface area contributed by atoms with E-state index in [1.807, 2.05) is 0 Å². The number of hydrogen-bond acceptors (Lipinski definition) is 3. The average molecular weight is 217 g/mol. The molecule has 0 saturated heterocycles. The van der Waals surface area contributed by atoms with Gasteiger partial charge in [0, 0.05) is 19.1 Å². The standard InChI is InChI=1S/C10H13F2NO2/c1-14-6-8-5-9(11)7(2-3-15-13)4-10(8)12/h4-5H,2-3,6,13H2,1H3. The average Bonchev–Trinajstić information content (AvgIpc) is 2.21. The topological polar surface area (TPSA) is 44.5 Å². The molecule has 0 unspecified atom stereocenters. The predicted molar refractivity (Wildman–Crippen MR) is 50.9 cm³/mol. The zero-order chi connectivity index (χ0) is 11.3. The summed E-state index contributed by atoms with van der Waals surface area (Å²) in [5, 5.41) is 0. The van der Waals surface area contributed by atoms with Crippen molar-refractivity contribution in [3.05, 3.63) is 34.9 Å². The van der Waals surface area contributed by atoms with Gasteiger partial charge in [-0.3, -0.25) is 0 Å². The summed E-state index contributed by atoms with van der Waals surface area (Å²) < 4.78 is 31.4. The third-order valence-corrected chi connectivity index (χ3v) is 2.00. The third kappa shape index (κ3) is 3.23. The second-order valence-electron chi connectivity index (χ2n) is 3.09. The summed E-state index contributed by atoms with van der Waals surface area (Å²) >= 11 is 0. The van der Waals surface area contributed by atoms with Crippen LogP contribution in [-0.4, -0.2) is 13.7 Å². The summed E-state index contributed by atoms with van der Waals surface area (Å²) in [5.74, 6) is 3.85. The molecule has 0 fully saturated rings. The van der Waals surface area contributed by atoms with Gasteiger partial charge in [-0.25, -0.2) is 14.7 Å². The molecule has 0 aliphatic carbocycles. The van der Waals surface area contributed by atoms with Gasteiger partial charge in [-0.15, -0.1) is 0 Å². The predicted octanol–water partition coefficient (Wildman–Crippen LogP) is 1.54. The maximum atomic E-state index is 13.4. The van der Waals surface area contributed by atoms with Crippen LogP contribution in [0, 0.1) is 11.6 Å². The number of nitrogens with two attached hydrogens (primary N) is 1. The van der Waals surface area contributed by atoms with Crippen molar-refractivity contribution in [2.75, 3.05) is 13.7 Å². The minimum absolute atomic E-state index is 0.0520. The summed E-state index contributed by atoms with van der Waals surface area (Å²) in [6.45, 7) is 0.205. The van der Waals surface area contributed by atoms with E-state index in [9.17, 15) is 8.78 Å². The second kappa shape index (κ2) is 5.75. The fraction of sp³-hybridized carbons (Fsp3) is 0.400. The Morgan fingerprint density at radius 2 is 1.80 bits per heavy atom. The fourth-order valence-electron chi connectivity index (χ4n) is 1.26. The van der Waals surface area contributed by atoms with Crippen LogP contribution in [0.3, 0.4) is 0 Å². The normalized spacial score (nSPS) is 10.7. The first-order chi connectivity index (χ1) is 7.19. The molecule has 2 N–H and O–H groups in total. The van der Waals surface area contributed by atoms with E-state index in [2.05, 4.69) is 4.84 Å². The lowest BCUT2D eigenvalue weighted by Gasteiger charge is -2.06. The van der Waals surface area contributed by atoms with E-state index < -0.39 is 11.6 Å². The molecule has 1 aromatic carbocycles. The maximum absolute atomic E-state index is 13.4.